The van der Waals surface area contributed by atoms with Crippen LogP contribution in [0.15, 0.2) is 12.1 Å². The van der Waals surface area contributed by atoms with Crippen molar-refractivity contribution >= 4 is 16.7 Å². The number of benzene rings is 1. The van der Waals surface area contributed by atoms with Crippen LogP contribution < -0.4 is 5.32 Å². The number of aromatic nitrogens is 2. The summed E-state index contributed by atoms with van der Waals surface area (Å²) in [6.45, 7) is 7.58. The van der Waals surface area contributed by atoms with Crippen molar-refractivity contribution in [3.05, 3.63) is 23.5 Å². The predicted molar refractivity (Wildman–Crippen MR) is 67.0 cm³/mol. The Morgan fingerprint density at radius 3 is 2.81 bits per heavy atom. The van der Waals surface area contributed by atoms with Crippen LogP contribution in [0.4, 0.5) is 5.69 Å². The average Bonchev–Trinajstić information content (AvgIpc) is 2.75. The van der Waals surface area contributed by atoms with Crippen LogP contribution in [0.5, 0.6) is 0 Å². The number of aromatic amines is 1. The molecule has 1 aromatic heterocycles. The molecule has 1 aromatic carbocycles. The summed E-state index contributed by atoms with van der Waals surface area (Å²) in [5.74, 6) is 1.06. The second kappa shape index (κ2) is 3.00. The molecule has 0 unspecified atom stereocenters. The molecule has 3 nitrogen and oxygen atoms in total. The van der Waals surface area contributed by atoms with Crippen molar-refractivity contribution in [3.8, 4) is 0 Å². The van der Waals surface area contributed by atoms with Gasteiger partial charge in [-0.1, -0.05) is 20.8 Å². The molecule has 1 aliphatic heterocycles. The van der Waals surface area contributed by atoms with Crippen LogP contribution in [0.2, 0.25) is 0 Å². The third-order valence-electron chi connectivity index (χ3n) is 3.13. The van der Waals surface area contributed by atoms with Crippen molar-refractivity contribution in [1.29, 1.82) is 0 Å². The minimum Gasteiger partial charge on any atom is -0.384 e. The SMILES string of the molecule is CC(C)(C)c1nc2cc3c(cc2[nH]1)CCN3. The van der Waals surface area contributed by atoms with Gasteiger partial charge in [0.05, 0.1) is 11.0 Å². The molecule has 16 heavy (non-hydrogen) atoms. The summed E-state index contributed by atoms with van der Waals surface area (Å²) in [7, 11) is 0. The number of hydrogen-bond acceptors (Lipinski definition) is 2. The highest BCUT2D eigenvalue weighted by molar-refractivity contribution is 5.82. The van der Waals surface area contributed by atoms with E-state index >= 15 is 0 Å². The summed E-state index contributed by atoms with van der Waals surface area (Å²) < 4.78 is 0. The minimum atomic E-state index is 0.0803. The van der Waals surface area contributed by atoms with Crippen LogP contribution in [0, 0.1) is 0 Å². The molecule has 2 heterocycles. The van der Waals surface area contributed by atoms with Gasteiger partial charge in [-0.15, -0.1) is 0 Å². The molecule has 0 saturated carbocycles. The lowest BCUT2D eigenvalue weighted by molar-refractivity contribution is 0.554. The number of rotatable bonds is 0. The Bertz CT molecular complexity index is 505. The summed E-state index contributed by atoms with van der Waals surface area (Å²) >= 11 is 0. The third kappa shape index (κ3) is 1.39. The normalized spacial score (nSPS) is 15.2. The van der Waals surface area contributed by atoms with Gasteiger partial charge in [0.15, 0.2) is 0 Å². The largest absolute Gasteiger partial charge is 0.384 e. The van der Waals surface area contributed by atoms with Gasteiger partial charge < -0.3 is 10.3 Å². The van der Waals surface area contributed by atoms with Gasteiger partial charge in [-0.2, -0.15) is 0 Å². The fourth-order valence-electron chi connectivity index (χ4n) is 2.16. The first-order chi connectivity index (χ1) is 7.54. The lowest BCUT2D eigenvalue weighted by Gasteiger charge is -2.13. The van der Waals surface area contributed by atoms with Gasteiger partial charge in [0.25, 0.3) is 0 Å². The first kappa shape index (κ1) is 9.70. The second-order valence-electron chi connectivity index (χ2n) is 5.54. The zero-order valence-corrected chi connectivity index (χ0v) is 10.0. The molecule has 3 rings (SSSR count). The zero-order chi connectivity index (χ0) is 11.3. The molecule has 0 amide bonds. The molecule has 0 fully saturated rings. The van der Waals surface area contributed by atoms with Gasteiger partial charge in [-0.25, -0.2) is 4.98 Å². The summed E-state index contributed by atoms with van der Waals surface area (Å²) in [4.78, 5) is 8.09. The van der Waals surface area contributed by atoms with Crippen LogP contribution in [0.25, 0.3) is 11.0 Å². The molecule has 0 radical (unpaired) electrons. The fraction of sp³-hybridized carbons (Fsp3) is 0.462. The molecule has 0 spiro atoms. The van der Waals surface area contributed by atoms with Gasteiger partial charge in [0.1, 0.15) is 5.82 Å². The van der Waals surface area contributed by atoms with E-state index < -0.39 is 0 Å². The molecule has 2 N–H and O–H groups in total. The number of imidazole rings is 1. The van der Waals surface area contributed by atoms with E-state index in [9.17, 15) is 0 Å². The van der Waals surface area contributed by atoms with Gasteiger partial charge in [-0.05, 0) is 24.1 Å². The van der Waals surface area contributed by atoms with Crippen LogP contribution in [0.3, 0.4) is 0 Å². The molecule has 0 aliphatic carbocycles. The Balaban J connectivity index is 2.19. The Morgan fingerprint density at radius 2 is 2.06 bits per heavy atom. The van der Waals surface area contributed by atoms with E-state index in [1.807, 2.05) is 0 Å². The lowest BCUT2D eigenvalue weighted by atomic mass is 9.96. The highest BCUT2D eigenvalue weighted by atomic mass is 15.0. The summed E-state index contributed by atoms with van der Waals surface area (Å²) in [6, 6.07) is 4.39. The smallest absolute Gasteiger partial charge is 0.112 e. The van der Waals surface area contributed by atoms with Crippen molar-refractivity contribution in [2.45, 2.75) is 32.6 Å². The van der Waals surface area contributed by atoms with E-state index in [0.29, 0.717) is 0 Å². The summed E-state index contributed by atoms with van der Waals surface area (Å²) in [5.41, 5.74) is 4.96. The molecule has 1 aliphatic rings. The summed E-state index contributed by atoms with van der Waals surface area (Å²) in [6.07, 6.45) is 1.12. The Kier molecular flexibility index (Phi) is 1.82. The monoisotopic (exact) mass is 215 g/mol. The Morgan fingerprint density at radius 1 is 1.25 bits per heavy atom. The molecule has 84 valence electrons. The van der Waals surface area contributed by atoms with E-state index in [1.165, 1.54) is 11.3 Å². The first-order valence-corrected chi connectivity index (χ1v) is 5.81. The highest BCUT2D eigenvalue weighted by Gasteiger charge is 2.19. The average molecular weight is 215 g/mol. The van der Waals surface area contributed by atoms with E-state index in [-0.39, 0.29) is 5.41 Å². The van der Waals surface area contributed by atoms with Crippen molar-refractivity contribution in [3.63, 3.8) is 0 Å². The van der Waals surface area contributed by atoms with Crippen molar-refractivity contribution in [2.24, 2.45) is 0 Å². The minimum absolute atomic E-state index is 0.0803. The Labute approximate surface area is 95.3 Å². The number of H-pyrrole nitrogens is 1. The van der Waals surface area contributed by atoms with Crippen molar-refractivity contribution < 1.29 is 0 Å². The number of fused-ring (bicyclic) bond motifs is 2. The topological polar surface area (TPSA) is 40.7 Å². The number of nitrogens with one attached hydrogen (secondary N) is 2. The Hall–Kier alpha value is -1.51. The van der Waals surface area contributed by atoms with E-state index in [4.69, 9.17) is 0 Å². The van der Waals surface area contributed by atoms with Gasteiger partial charge in [0.2, 0.25) is 0 Å². The third-order valence-corrected chi connectivity index (χ3v) is 3.13. The van der Waals surface area contributed by atoms with E-state index in [2.05, 4.69) is 48.2 Å². The molecule has 0 saturated heterocycles. The van der Waals surface area contributed by atoms with Crippen LogP contribution >= 0.6 is 0 Å². The number of nitrogens with zero attached hydrogens (tertiary/aromatic N) is 1. The molecule has 3 heteroatoms. The zero-order valence-electron chi connectivity index (χ0n) is 10.0. The van der Waals surface area contributed by atoms with Crippen LogP contribution in [-0.2, 0) is 11.8 Å². The molecule has 0 atom stereocenters. The maximum Gasteiger partial charge on any atom is 0.112 e. The maximum absolute atomic E-state index is 4.67. The van der Waals surface area contributed by atoms with Crippen LogP contribution in [0.1, 0.15) is 32.2 Å². The van der Waals surface area contributed by atoms with Crippen molar-refractivity contribution in [2.75, 3.05) is 11.9 Å². The second-order valence-corrected chi connectivity index (χ2v) is 5.54. The number of hydrogen-bond donors (Lipinski definition) is 2. The van der Waals surface area contributed by atoms with E-state index in [0.717, 1.165) is 29.8 Å². The summed E-state index contributed by atoms with van der Waals surface area (Å²) in [5, 5.41) is 3.39. The van der Waals surface area contributed by atoms with E-state index in [1.54, 1.807) is 0 Å². The fourth-order valence-corrected chi connectivity index (χ4v) is 2.16. The standard InChI is InChI=1S/C13H17N3/c1-13(2,3)12-15-10-6-8-4-5-14-9(8)7-11(10)16-12/h6-7,14H,4-5H2,1-3H3,(H,15,16). The maximum atomic E-state index is 4.67. The predicted octanol–water partition coefficient (Wildman–Crippen LogP) is 2.83. The lowest BCUT2D eigenvalue weighted by Crippen LogP contribution is -2.12. The number of anilines is 1. The quantitative estimate of drug-likeness (QED) is 0.709. The van der Waals surface area contributed by atoms with Gasteiger partial charge >= 0.3 is 0 Å². The molecular weight excluding hydrogens is 198 g/mol. The molecule has 0 bridgehead atoms. The van der Waals surface area contributed by atoms with Crippen LogP contribution in [-0.4, -0.2) is 16.5 Å². The molecule has 2 aromatic rings. The van der Waals surface area contributed by atoms with Crippen molar-refractivity contribution in [1.82, 2.24) is 9.97 Å². The molecular formula is C13H17N3. The highest BCUT2D eigenvalue weighted by Crippen LogP contribution is 2.29. The van der Waals surface area contributed by atoms with Gasteiger partial charge in [-0.3, -0.25) is 0 Å². The first-order valence-electron chi connectivity index (χ1n) is 5.81. The van der Waals surface area contributed by atoms with Gasteiger partial charge in [0, 0.05) is 17.6 Å².